The van der Waals surface area contributed by atoms with Crippen LogP contribution in [-0.2, 0) is 16.0 Å². The second kappa shape index (κ2) is 9.44. The number of hydrazone groups is 1. The van der Waals surface area contributed by atoms with E-state index in [1.807, 2.05) is 36.4 Å². The maximum atomic E-state index is 11.5. The average Bonchev–Trinajstić information content (AvgIpc) is 3.11. The Morgan fingerprint density at radius 2 is 2.19 bits per heavy atom. The zero-order valence-corrected chi connectivity index (χ0v) is 15.5. The molecule has 0 aliphatic carbocycles. The molecule has 0 aliphatic heterocycles. The Kier molecular flexibility index (Phi) is 6.48. The second-order valence-corrected chi connectivity index (χ2v) is 6.18. The van der Waals surface area contributed by atoms with Crippen LogP contribution in [0.15, 0.2) is 59.3 Å². The zero-order chi connectivity index (χ0) is 18.9. The van der Waals surface area contributed by atoms with E-state index in [1.165, 1.54) is 11.3 Å². The summed E-state index contributed by atoms with van der Waals surface area (Å²) in [5.74, 6) is 1.02. The largest absolute Gasteiger partial charge is 0.466 e. The van der Waals surface area contributed by atoms with Crippen LogP contribution in [0, 0.1) is 0 Å². The summed E-state index contributed by atoms with van der Waals surface area (Å²) in [6.07, 6.45) is 5.14. The smallest absolute Gasteiger partial charge is 0.311 e. The van der Waals surface area contributed by atoms with Gasteiger partial charge in [-0.25, -0.2) is 4.98 Å². The molecular formula is C19H18N4O3S. The normalized spacial score (nSPS) is 10.7. The minimum atomic E-state index is -0.292. The van der Waals surface area contributed by atoms with Crippen LogP contribution in [-0.4, -0.2) is 28.8 Å². The van der Waals surface area contributed by atoms with E-state index in [1.54, 1.807) is 30.9 Å². The minimum Gasteiger partial charge on any atom is -0.466 e. The third-order valence-corrected chi connectivity index (χ3v) is 4.12. The third kappa shape index (κ3) is 5.61. The standard InChI is InChI=1S/C19H18N4O3S/c1-2-25-18(24)10-15-13-27-19(22-15)23-21-11-14-6-3-4-8-17(14)26-16-7-5-9-20-12-16/h3-9,11-13H,2,10H2,1H3,(H,22,23). The van der Waals surface area contributed by atoms with Crippen LogP contribution in [0.4, 0.5) is 5.13 Å². The van der Waals surface area contributed by atoms with Crippen molar-refractivity contribution in [1.29, 1.82) is 0 Å². The highest BCUT2D eigenvalue weighted by molar-refractivity contribution is 7.13. The number of benzene rings is 1. The summed E-state index contributed by atoms with van der Waals surface area (Å²) in [4.78, 5) is 19.8. The molecule has 0 amide bonds. The number of carbonyl (C=O) groups excluding carboxylic acids is 1. The Morgan fingerprint density at radius 1 is 1.30 bits per heavy atom. The summed E-state index contributed by atoms with van der Waals surface area (Å²) in [7, 11) is 0. The molecule has 8 heteroatoms. The van der Waals surface area contributed by atoms with Crippen molar-refractivity contribution in [2.24, 2.45) is 5.10 Å². The molecule has 0 aliphatic rings. The van der Waals surface area contributed by atoms with Crippen molar-refractivity contribution in [3.05, 3.63) is 65.4 Å². The van der Waals surface area contributed by atoms with Crippen molar-refractivity contribution in [1.82, 2.24) is 9.97 Å². The van der Waals surface area contributed by atoms with Crippen molar-refractivity contribution in [2.45, 2.75) is 13.3 Å². The highest BCUT2D eigenvalue weighted by Crippen LogP contribution is 2.23. The van der Waals surface area contributed by atoms with Gasteiger partial charge < -0.3 is 9.47 Å². The average molecular weight is 382 g/mol. The van der Waals surface area contributed by atoms with Crippen LogP contribution in [0.2, 0.25) is 0 Å². The van der Waals surface area contributed by atoms with E-state index >= 15 is 0 Å². The summed E-state index contributed by atoms with van der Waals surface area (Å²) in [6.45, 7) is 2.13. The van der Waals surface area contributed by atoms with Crippen LogP contribution in [0.25, 0.3) is 0 Å². The van der Waals surface area contributed by atoms with Crippen LogP contribution in [0.3, 0.4) is 0 Å². The van der Waals surface area contributed by atoms with Crippen molar-refractivity contribution in [3.63, 3.8) is 0 Å². The summed E-state index contributed by atoms with van der Waals surface area (Å²) in [6, 6.07) is 11.2. The van der Waals surface area contributed by atoms with E-state index in [0.29, 0.717) is 28.9 Å². The van der Waals surface area contributed by atoms with E-state index in [2.05, 4.69) is 20.5 Å². The highest BCUT2D eigenvalue weighted by Gasteiger charge is 2.08. The molecule has 0 atom stereocenters. The van der Waals surface area contributed by atoms with Gasteiger partial charge in [0.15, 0.2) is 0 Å². The first-order valence-electron chi connectivity index (χ1n) is 8.30. The zero-order valence-electron chi connectivity index (χ0n) is 14.7. The molecule has 0 bridgehead atoms. The number of aromatic nitrogens is 2. The van der Waals surface area contributed by atoms with E-state index in [-0.39, 0.29) is 12.4 Å². The molecule has 0 spiro atoms. The van der Waals surface area contributed by atoms with Gasteiger partial charge in [0.1, 0.15) is 11.5 Å². The maximum absolute atomic E-state index is 11.5. The third-order valence-electron chi connectivity index (χ3n) is 3.33. The van der Waals surface area contributed by atoms with Gasteiger partial charge in [-0.2, -0.15) is 5.10 Å². The van der Waals surface area contributed by atoms with Gasteiger partial charge in [-0.1, -0.05) is 12.1 Å². The molecule has 3 rings (SSSR count). The highest BCUT2D eigenvalue weighted by atomic mass is 32.1. The SMILES string of the molecule is CCOC(=O)Cc1csc(NN=Cc2ccccc2Oc2cccnc2)n1. The predicted molar refractivity (Wildman–Crippen MR) is 104 cm³/mol. The second-order valence-electron chi connectivity index (χ2n) is 5.32. The van der Waals surface area contributed by atoms with Gasteiger partial charge in [0.05, 0.1) is 31.1 Å². The van der Waals surface area contributed by atoms with Crippen LogP contribution >= 0.6 is 11.3 Å². The molecule has 0 unspecified atom stereocenters. The number of nitrogens with zero attached hydrogens (tertiary/aromatic N) is 3. The van der Waals surface area contributed by atoms with Crippen LogP contribution in [0.1, 0.15) is 18.2 Å². The number of para-hydroxylation sites is 1. The summed E-state index contributed by atoms with van der Waals surface area (Å²) < 4.78 is 10.8. The lowest BCUT2D eigenvalue weighted by atomic mass is 10.2. The molecule has 2 heterocycles. The minimum absolute atomic E-state index is 0.150. The molecule has 0 radical (unpaired) electrons. The molecule has 2 aromatic heterocycles. The molecule has 138 valence electrons. The molecule has 1 aromatic carbocycles. The van der Waals surface area contributed by atoms with E-state index in [9.17, 15) is 4.79 Å². The van der Waals surface area contributed by atoms with Gasteiger partial charge in [-0.05, 0) is 31.2 Å². The number of carbonyl (C=O) groups is 1. The lowest BCUT2D eigenvalue weighted by Crippen LogP contribution is -2.07. The van der Waals surface area contributed by atoms with E-state index in [0.717, 1.165) is 5.56 Å². The predicted octanol–water partition coefficient (Wildman–Crippen LogP) is 3.88. The number of nitrogens with one attached hydrogen (secondary N) is 1. The molecule has 0 fully saturated rings. The molecule has 3 aromatic rings. The first-order valence-corrected chi connectivity index (χ1v) is 9.18. The number of hydrogen-bond donors (Lipinski definition) is 1. The van der Waals surface area contributed by atoms with Crippen molar-refractivity contribution in [3.8, 4) is 11.5 Å². The van der Waals surface area contributed by atoms with Gasteiger partial charge in [-0.15, -0.1) is 11.3 Å². The fraction of sp³-hybridized carbons (Fsp3) is 0.158. The quantitative estimate of drug-likeness (QED) is 0.361. The fourth-order valence-corrected chi connectivity index (χ4v) is 2.83. The van der Waals surface area contributed by atoms with Crippen molar-refractivity contribution < 1.29 is 14.3 Å². The summed E-state index contributed by atoms with van der Waals surface area (Å²) in [5, 5.41) is 6.60. The lowest BCUT2D eigenvalue weighted by Gasteiger charge is -2.07. The molecule has 0 saturated carbocycles. The monoisotopic (exact) mass is 382 g/mol. The van der Waals surface area contributed by atoms with E-state index in [4.69, 9.17) is 9.47 Å². The van der Waals surface area contributed by atoms with Gasteiger partial charge in [0.25, 0.3) is 0 Å². The van der Waals surface area contributed by atoms with Gasteiger partial charge in [0, 0.05) is 17.1 Å². The fourth-order valence-electron chi connectivity index (χ4n) is 2.17. The molecule has 7 nitrogen and oxygen atoms in total. The van der Waals surface area contributed by atoms with E-state index < -0.39 is 0 Å². The Bertz CT molecular complexity index is 912. The number of ether oxygens (including phenoxy) is 2. The Morgan fingerprint density at radius 3 is 3.00 bits per heavy atom. The first kappa shape index (κ1) is 18.5. The van der Waals surface area contributed by atoms with Gasteiger partial charge in [0.2, 0.25) is 5.13 Å². The Balaban J connectivity index is 1.62. The number of pyridine rings is 1. The topological polar surface area (TPSA) is 85.7 Å². The molecule has 27 heavy (non-hydrogen) atoms. The molecule has 0 saturated heterocycles. The number of hydrogen-bond acceptors (Lipinski definition) is 8. The maximum Gasteiger partial charge on any atom is 0.311 e. The summed E-state index contributed by atoms with van der Waals surface area (Å²) in [5.41, 5.74) is 4.32. The van der Waals surface area contributed by atoms with Gasteiger partial charge >= 0.3 is 5.97 Å². The first-order chi connectivity index (χ1) is 13.2. The summed E-state index contributed by atoms with van der Waals surface area (Å²) >= 11 is 1.37. The molecular weight excluding hydrogens is 364 g/mol. The Labute approximate surface area is 160 Å². The van der Waals surface area contributed by atoms with Crippen LogP contribution < -0.4 is 10.2 Å². The number of rotatable bonds is 8. The van der Waals surface area contributed by atoms with Crippen molar-refractivity contribution in [2.75, 3.05) is 12.0 Å². The van der Waals surface area contributed by atoms with Gasteiger partial charge in [-0.3, -0.25) is 15.2 Å². The van der Waals surface area contributed by atoms with Crippen molar-refractivity contribution >= 4 is 28.7 Å². The Hall–Kier alpha value is -3.26. The lowest BCUT2D eigenvalue weighted by molar-refractivity contribution is -0.142. The number of anilines is 1. The number of esters is 1. The van der Waals surface area contributed by atoms with Crippen LogP contribution in [0.5, 0.6) is 11.5 Å². The number of thiazole rings is 1. The molecule has 1 N–H and O–H groups in total.